The van der Waals surface area contributed by atoms with E-state index in [-0.39, 0.29) is 6.04 Å². The highest BCUT2D eigenvalue weighted by Gasteiger charge is 2.24. The number of halogens is 1. The molecule has 8 nitrogen and oxygen atoms in total. The molecule has 1 saturated heterocycles. The molecule has 4 aromatic heterocycles. The molecule has 9 heteroatoms. The van der Waals surface area contributed by atoms with Gasteiger partial charge in [0, 0.05) is 47.9 Å². The summed E-state index contributed by atoms with van der Waals surface area (Å²) in [6.07, 6.45) is 4.77. The first-order chi connectivity index (χ1) is 16.1. The molecule has 6 rings (SSSR count). The summed E-state index contributed by atoms with van der Waals surface area (Å²) in [7, 11) is 1.92. The topological polar surface area (TPSA) is 84.8 Å². The standard InChI is InChI=1S/C24H22FN7O/c1-14-13-33-8-7-32(14)24-18-9-15(21-5-6-28-31(21)2)3-4-20(18)29-23(30-24)19-12-27-22-17(19)10-16(25)11-26-22/h3-6,9-12,14H,7-8,13H2,1-2H3,(H,26,27)/t14-/m1/s1. The number of aromatic nitrogens is 6. The van der Waals surface area contributed by atoms with Crippen molar-refractivity contribution < 1.29 is 9.13 Å². The van der Waals surface area contributed by atoms with Crippen molar-refractivity contribution >= 4 is 27.8 Å². The van der Waals surface area contributed by atoms with Gasteiger partial charge in [0.25, 0.3) is 0 Å². The maximum atomic E-state index is 13.9. The zero-order chi connectivity index (χ0) is 22.5. The minimum Gasteiger partial charge on any atom is -0.377 e. The fourth-order valence-electron chi connectivity index (χ4n) is 4.47. The van der Waals surface area contributed by atoms with E-state index in [0.717, 1.165) is 40.1 Å². The SMILES string of the molecule is C[C@@H]1COCCN1c1nc(-c2c[nH]c3ncc(F)cc23)nc2ccc(-c3ccnn3C)cc12. The van der Waals surface area contributed by atoms with Crippen molar-refractivity contribution in [1.29, 1.82) is 0 Å². The molecule has 5 aromatic rings. The molecule has 1 aliphatic heterocycles. The summed E-state index contributed by atoms with van der Waals surface area (Å²) in [6, 6.07) is 9.77. The molecule has 0 bridgehead atoms. The average Bonchev–Trinajstić information content (AvgIpc) is 3.44. The van der Waals surface area contributed by atoms with Crippen LogP contribution in [-0.4, -0.2) is 55.5 Å². The van der Waals surface area contributed by atoms with Crippen LogP contribution in [0, 0.1) is 5.82 Å². The summed E-state index contributed by atoms with van der Waals surface area (Å²) in [5, 5.41) is 5.91. The Hall–Kier alpha value is -3.85. The van der Waals surface area contributed by atoms with Crippen LogP contribution in [0.5, 0.6) is 0 Å². The third-order valence-electron chi connectivity index (χ3n) is 6.17. The summed E-state index contributed by atoms with van der Waals surface area (Å²) < 4.78 is 21.5. The molecule has 0 radical (unpaired) electrons. The first-order valence-electron chi connectivity index (χ1n) is 10.9. The van der Waals surface area contributed by atoms with Crippen molar-refractivity contribution in [3.8, 4) is 22.6 Å². The largest absolute Gasteiger partial charge is 0.377 e. The second kappa shape index (κ2) is 7.63. The second-order valence-electron chi connectivity index (χ2n) is 8.31. The molecular formula is C24H22FN7O. The number of aryl methyl sites for hydroxylation is 1. The average molecular weight is 443 g/mol. The van der Waals surface area contributed by atoms with E-state index in [2.05, 4.69) is 33.0 Å². The number of morpholine rings is 1. The third-order valence-corrected chi connectivity index (χ3v) is 6.17. The molecule has 0 aliphatic carbocycles. The highest BCUT2D eigenvalue weighted by molar-refractivity contribution is 5.97. The van der Waals surface area contributed by atoms with Gasteiger partial charge in [0.15, 0.2) is 5.82 Å². The van der Waals surface area contributed by atoms with Crippen LogP contribution in [-0.2, 0) is 11.8 Å². The Morgan fingerprint density at radius 1 is 1.15 bits per heavy atom. The van der Waals surface area contributed by atoms with E-state index in [4.69, 9.17) is 14.7 Å². The number of nitrogens with zero attached hydrogens (tertiary/aromatic N) is 6. The number of pyridine rings is 1. The molecule has 166 valence electrons. The summed E-state index contributed by atoms with van der Waals surface area (Å²) in [6.45, 7) is 4.12. The number of nitrogens with one attached hydrogen (secondary N) is 1. The third kappa shape index (κ3) is 3.32. The lowest BCUT2D eigenvalue weighted by atomic mass is 10.1. The molecule has 1 N–H and O–H groups in total. The highest BCUT2D eigenvalue weighted by atomic mass is 19.1. The minimum atomic E-state index is -0.396. The fourth-order valence-corrected chi connectivity index (χ4v) is 4.47. The highest BCUT2D eigenvalue weighted by Crippen LogP contribution is 2.34. The first kappa shape index (κ1) is 19.8. The summed E-state index contributed by atoms with van der Waals surface area (Å²) in [5.74, 6) is 0.976. The normalized spacial score (nSPS) is 16.7. The maximum absolute atomic E-state index is 13.9. The molecule has 0 amide bonds. The van der Waals surface area contributed by atoms with E-state index >= 15 is 0 Å². The van der Waals surface area contributed by atoms with Gasteiger partial charge in [-0.3, -0.25) is 4.68 Å². The van der Waals surface area contributed by atoms with Crippen LogP contribution >= 0.6 is 0 Å². The monoisotopic (exact) mass is 443 g/mol. The van der Waals surface area contributed by atoms with E-state index in [1.807, 2.05) is 29.9 Å². The van der Waals surface area contributed by atoms with Gasteiger partial charge in [0.05, 0.1) is 36.7 Å². The fraction of sp³-hybridized carbons (Fsp3) is 0.250. The van der Waals surface area contributed by atoms with Gasteiger partial charge in [0.1, 0.15) is 17.3 Å². The smallest absolute Gasteiger partial charge is 0.164 e. The van der Waals surface area contributed by atoms with Gasteiger partial charge in [-0.2, -0.15) is 5.10 Å². The van der Waals surface area contributed by atoms with E-state index in [9.17, 15) is 4.39 Å². The summed E-state index contributed by atoms with van der Waals surface area (Å²) >= 11 is 0. The van der Waals surface area contributed by atoms with Crippen LogP contribution in [0.1, 0.15) is 6.92 Å². The van der Waals surface area contributed by atoms with Gasteiger partial charge in [-0.15, -0.1) is 0 Å². The van der Waals surface area contributed by atoms with Crippen molar-refractivity contribution in [3.05, 3.63) is 54.7 Å². The van der Waals surface area contributed by atoms with Crippen LogP contribution in [0.4, 0.5) is 10.2 Å². The van der Waals surface area contributed by atoms with Crippen molar-refractivity contribution in [2.24, 2.45) is 7.05 Å². The zero-order valence-electron chi connectivity index (χ0n) is 18.3. The quantitative estimate of drug-likeness (QED) is 0.455. The van der Waals surface area contributed by atoms with E-state index in [1.165, 1.54) is 12.3 Å². The number of fused-ring (bicyclic) bond motifs is 2. The van der Waals surface area contributed by atoms with Crippen molar-refractivity contribution in [2.45, 2.75) is 13.0 Å². The van der Waals surface area contributed by atoms with Gasteiger partial charge in [-0.1, -0.05) is 6.07 Å². The number of benzene rings is 1. The van der Waals surface area contributed by atoms with Crippen LogP contribution in [0.3, 0.4) is 0 Å². The van der Waals surface area contributed by atoms with E-state index in [0.29, 0.717) is 30.1 Å². The van der Waals surface area contributed by atoms with E-state index in [1.54, 1.807) is 12.4 Å². The Bertz CT molecular complexity index is 1490. The van der Waals surface area contributed by atoms with Gasteiger partial charge in [-0.25, -0.2) is 19.3 Å². The zero-order valence-corrected chi connectivity index (χ0v) is 18.3. The molecular weight excluding hydrogens is 421 g/mol. The lowest BCUT2D eigenvalue weighted by Crippen LogP contribution is -2.44. The van der Waals surface area contributed by atoms with Gasteiger partial charge in [-0.05, 0) is 31.2 Å². The van der Waals surface area contributed by atoms with Crippen LogP contribution in [0.15, 0.2) is 48.9 Å². The lowest BCUT2D eigenvalue weighted by molar-refractivity contribution is 0.0987. The number of H-pyrrole nitrogens is 1. The molecule has 33 heavy (non-hydrogen) atoms. The maximum Gasteiger partial charge on any atom is 0.164 e. The van der Waals surface area contributed by atoms with Gasteiger partial charge in [0.2, 0.25) is 0 Å². The Balaban J connectivity index is 1.59. The molecule has 0 spiro atoms. The molecule has 0 saturated carbocycles. The summed E-state index contributed by atoms with van der Waals surface area (Å²) in [5.41, 5.74) is 4.19. The van der Waals surface area contributed by atoms with Crippen molar-refractivity contribution in [3.63, 3.8) is 0 Å². The lowest BCUT2D eigenvalue weighted by Gasteiger charge is -2.35. The first-order valence-corrected chi connectivity index (χ1v) is 10.9. The van der Waals surface area contributed by atoms with Gasteiger partial charge >= 0.3 is 0 Å². The predicted molar refractivity (Wildman–Crippen MR) is 124 cm³/mol. The molecule has 0 unspecified atom stereocenters. The predicted octanol–water partition coefficient (Wildman–Crippen LogP) is 3.94. The Morgan fingerprint density at radius 2 is 2.06 bits per heavy atom. The van der Waals surface area contributed by atoms with Crippen LogP contribution in [0.2, 0.25) is 0 Å². The Kier molecular flexibility index (Phi) is 4.58. The second-order valence-corrected chi connectivity index (χ2v) is 8.31. The number of ether oxygens (including phenoxy) is 1. The Labute approximate surface area is 189 Å². The number of rotatable bonds is 3. The molecule has 1 aromatic carbocycles. The number of anilines is 1. The number of hydrogen-bond acceptors (Lipinski definition) is 6. The summed E-state index contributed by atoms with van der Waals surface area (Å²) in [4.78, 5) is 19.4. The number of hydrogen-bond donors (Lipinski definition) is 1. The molecule has 1 atom stereocenters. The van der Waals surface area contributed by atoms with Crippen LogP contribution < -0.4 is 4.90 Å². The van der Waals surface area contributed by atoms with E-state index < -0.39 is 5.82 Å². The molecule has 5 heterocycles. The molecule has 1 fully saturated rings. The minimum absolute atomic E-state index is 0.159. The van der Waals surface area contributed by atoms with Crippen LogP contribution in [0.25, 0.3) is 44.6 Å². The molecule has 1 aliphatic rings. The Morgan fingerprint density at radius 3 is 2.88 bits per heavy atom. The van der Waals surface area contributed by atoms with Gasteiger partial charge < -0.3 is 14.6 Å². The number of aromatic amines is 1. The van der Waals surface area contributed by atoms with Crippen molar-refractivity contribution in [2.75, 3.05) is 24.7 Å². The van der Waals surface area contributed by atoms with Crippen molar-refractivity contribution in [1.82, 2.24) is 29.7 Å².